The number of benzene rings is 1. The van der Waals surface area contributed by atoms with Crippen LogP contribution in [0.3, 0.4) is 0 Å². The Labute approximate surface area is 225 Å². The molecular formula is C26H33ClN4O7. The highest BCUT2D eigenvalue weighted by molar-refractivity contribution is 6.34. The first-order chi connectivity index (χ1) is 17.8. The highest BCUT2D eigenvalue weighted by Crippen LogP contribution is 2.25. The van der Waals surface area contributed by atoms with E-state index >= 15 is 0 Å². The van der Waals surface area contributed by atoms with Crippen LogP contribution in [0.5, 0.6) is 0 Å². The summed E-state index contributed by atoms with van der Waals surface area (Å²) in [7, 11) is 0. The van der Waals surface area contributed by atoms with Crippen LogP contribution in [0.1, 0.15) is 27.7 Å². The number of carbonyl (C=O) groups excluding carboxylic acids is 6. The summed E-state index contributed by atoms with van der Waals surface area (Å²) in [6.07, 6.45) is 0. The summed E-state index contributed by atoms with van der Waals surface area (Å²) in [5.74, 6) is -2.56. The zero-order valence-corrected chi connectivity index (χ0v) is 22.8. The molecule has 0 aromatic carbocycles. The Morgan fingerprint density at radius 1 is 0.763 bits per heavy atom. The predicted octanol–water partition coefficient (Wildman–Crippen LogP) is 1.30. The van der Waals surface area contributed by atoms with E-state index in [9.17, 15) is 28.8 Å². The summed E-state index contributed by atoms with van der Waals surface area (Å²) in [6, 6.07) is 5.55. The fourth-order valence-corrected chi connectivity index (χ4v) is 4.09. The Morgan fingerprint density at radius 3 is 1.39 bits per heavy atom. The molecular weight excluding hydrogens is 516 g/mol. The third-order valence-corrected chi connectivity index (χ3v) is 6.71. The normalized spacial score (nSPS) is 17.7. The Kier molecular flexibility index (Phi) is 9.75. The SMILES string of the molecule is CC(C)C(=O)CN1C(=O)CN(CCN2CC(=O)N(CC(=O)C(C)C)C(=O)C2)CC1=O.Clc1cc2ccc1o2. The molecule has 0 aliphatic carbocycles. The Bertz CT molecular complexity index is 1110. The first-order valence-electron chi connectivity index (χ1n) is 12.5. The van der Waals surface area contributed by atoms with E-state index in [1.807, 2.05) is 12.1 Å². The van der Waals surface area contributed by atoms with Crippen LogP contribution in [0.15, 0.2) is 22.6 Å². The fourth-order valence-electron chi connectivity index (χ4n) is 3.88. The molecule has 2 saturated heterocycles. The number of Topliss-reactive ketones (excluding diaryl/α,β-unsaturated/α-hetero) is 2. The van der Waals surface area contributed by atoms with Crippen molar-refractivity contribution in [1.82, 2.24) is 19.6 Å². The first kappa shape index (κ1) is 29.4. The van der Waals surface area contributed by atoms with Crippen molar-refractivity contribution < 1.29 is 33.2 Å². The van der Waals surface area contributed by atoms with Gasteiger partial charge in [-0.25, -0.2) is 0 Å². The number of nitrogens with zero attached hydrogens (tertiary/aromatic N) is 4. The fraction of sp³-hybridized carbons (Fsp3) is 0.538. The van der Waals surface area contributed by atoms with Crippen molar-refractivity contribution in [1.29, 1.82) is 0 Å². The zero-order chi connectivity index (χ0) is 28.1. The number of ketones is 2. The van der Waals surface area contributed by atoms with Crippen LogP contribution in [0.2, 0.25) is 5.02 Å². The predicted molar refractivity (Wildman–Crippen MR) is 138 cm³/mol. The molecule has 2 aromatic rings. The number of amides is 4. The minimum atomic E-state index is -0.426. The summed E-state index contributed by atoms with van der Waals surface area (Å²) in [6.45, 7) is 7.12. The van der Waals surface area contributed by atoms with Gasteiger partial charge in [0.15, 0.2) is 11.6 Å². The van der Waals surface area contributed by atoms with E-state index in [1.165, 1.54) is 0 Å². The maximum atomic E-state index is 12.3. The lowest BCUT2D eigenvalue weighted by Gasteiger charge is -2.36. The molecule has 0 unspecified atom stereocenters. The van der Waals surface area contributed by atoms with Crippen LogP contribution in [-0.4, -0.2) is 107 Å². The van der Waals surface area contributed by atoms with Crippen LogP contribution in [0, 0.1) is 11.8 Å². The smallest absolute Gasteiger partial charge is 0.243 e. The number of hydrogen-bond acceptors (Lipinski definition) is 9. The molecule has 206 valence electrons. The lowest BCUT2D eigenvalue weighted by atomic mass is 10.1. The molecule has 0 spiro atoms. The monoisotopic (exact) mass is 548 g/mol. The molecule has 2 bridgehead atoms. The number of hydrogen-bond donors (Lipinski definition) is 0. The van der Waals surface area contributed by atoms with Gasteiger partial charge in [0.1, 0.15) is 11.2 Å². The number of fused-ring (bicyclic) bond motifs is 2. The topological polar surface area (TPSA) is 129 Å². The molecule has 0 atom stereocenters. The lowest BCUT2D eigenvalue weighted by Crippen LogP contribution is -2.58. The minimum absolute atomic E-state index is 0.00185. The molecule has 4 rings (SSSR count). The second-order valence-corrected chi connectivity index (χ2v) is 10.5. The minimum Gasteiger partial charge on any atom is -0.456 e. The molecule has 2 aliphatic rings. The maximum absolute atomic E-state index is 12.3. The summed E-state index contributed by atoms with van der Waals surface area (Å²) >= 11 is 5.64. The highest BCUT2D eigenvalue weighted by atomic mass is 35.5. The second kappa shape index (κ2) is 12.6. The van der Waals surface area contributed by atoms with Crippen molar-refractivity contribution in [3.8, 4) is 0 Å². The largest absolute Gasteiger partial charge is 0.456 e. The standard InChI is InChI=1S/C20H30N4O6.C6H3ClO/c1-13(2)15(25)7-23-17(27)9-21(10-18(23)28)5-6-22-11-19(29)24(20(30)12-22)8-16(26)14(3)4;7-5-3-4-1-2-6(5)8-4/h13-14H,5-12H2,1-4H3;1-3H. The Hall–Kier alpha value is -3.15. The van der Waals surface area contributed by atoms with Gasteiger partial charge in [0.05, 0.1) is 44.3 Å². The van der Waals surface area contributed by atoms with Gasteiger partial charge in [-0.3, -0.25) is 48.4 Å². The van der Waals surface area contributed by atoms with Gasteiger partial charge in [-0.1, -0.05) is 39.3 Å². The lowest BCUT2D eigenvalue weighted by molar-refractivity contribution is -0.156. The van der Waals surface area contributed by atoms with Gasteiger partial charge < -0.3 is 4.42 Å². The summed E-state index contributed by atoms with van der Waals surface area (Å²) in [5.41, 5.74) is 1.63. The van der Waals surface area contributed by atoms with Crippen LogP contribution >= 0.6 is 11.6 Å². The Balaban J connectivity index is 0.000000417. The maximum Gasteiger partial charge on any atom is 0.243 e. The van der Waals surface area contributed by atoms with Crippen molar-refractivity contribution >= 4 is 58.0 Å². The molecule has 11 nitrogen and oxygen atoms in total. The number of carbonyl (C=O) groups is 6. The van der Waals surface area contributed by atoms with Crippen molar-refractivity contribution in [2.24, 2.45) is 11.8 Å². The number of piperazine rings is 2. The number of furan rings is 2. The molecule has 2 aliphatic heterocycles. The van der Waals surface area contributed by atoms with Gasteiger partial charge in [0, 0.05) is 31.0 Å². The van der Waals surface area contributed by atoms with Gasteiger partial charge in [-0.2, -0.15) is 0 Å². The van der Waals surface area contributed by atoms with E-state index in [-0.39, 0.29) is 62.7 Å². The average molecular weight is 549 g/mol. The van der Waals surface area contributed by atoms with E-state index in [4.69, 9.17) is 16.0 Å². The van der Waals surface area contributed by atoms with Crippen LogP contribution < -0.4 is 0 Å². The highest BCUT2D eigenvalue weighted by Gasteiger charge is 2.35. The van der Waals surface area contributed by atoms with Crippen LogP contribution in [0.4, 0.5) is 0 Å². The molecule has 0 radical (unpaired) electrons. The molecule has 12 heteroatoms. The number of halogens is 1. The van der Waals surface area contributed by atoms with Crippen LogP contribution in [0.25, 0.3) is 11.2 Å². The molecule has 4 amide bonds. The molecule has 38 heavy (non-hydrogen) atoms. The first-order valence-corrected chi connectivity index (χ1v) is 12.9. The molecule has 2 fully saturated rings. The Morgan fingerprint density at radius 2 is 1.16 bits per heavy atom. The van der Waals surface area contributed by atoms with Gasteiger partial charge in [-0.15, -0.1) is 0 Å². The van der Waals surface area contributed by atoms with Crippen LogP contribution in [-0.2, 0) is 28.8 Å². The number of imide groups is 2. The second-order valence-electron chi connectivity index (χ2n) is 10.1. The van der Waals surface area contributed by atoms with Gasteiger partial charge in [-0.05, 0) is 12.1 Å². The van der Waals surface area contributed by atoms with Crippen molar-refractivity contribution in [2.75, 3.05) is 52.4 Å². The molecule has 0 N–H and O–H groups in total. The van der Waals surface area contributed by atoms with Crippen molar-refractivity contribution in [3.63, 3.8) is 0 Å². The zero-order valence-electron chi connectivity index (χ0n) is 22.1. The van der Waals surface area contributed by atoms with Gasteiger partial charge in [0.25, 0.3) is 0 Å². The summed E-state index contributed by atoms with van der Waals surface area (Å²) in [5, 5.41) is 0.711. The quantitative estimate of drug-likeness (QED) is 0.426. The third-order valence-electron chi connectivity index (χ3n) is 6.42. The third kappa shape index (κ3) is 7.46. The number of rotatable bonds is 9. The molecule has 2 aromatic heterocycles. The van der Waals surface area contributed by atoms with E-state index < -0.39 is 23.6 Å². The van der Waals surface area contributed by atoms with E-state index in [1.54, 1.807) is 43.6 Å². The van der Waals surface area contributed by atoms with Gasteiger partial charge in [0.2, 0.25) is 23.6 Å². The molecule has 4 heterocycles. The van der Waals surface area contributed by atoms with E-state index in [0.717, 1.165) is 21.0 Å². The van der Waals surface area contributed by atoms with E-state index in [2.05, 4.69) is 0 Å². The van der Waals surface area contributed by atoms with Gasteiger partial charge >= 0.3 is 0 Å². The summed E-state index contributed by atoms with van der Waals surface area (Å²) in [4.78, 5) is 78.1. The summed E-state index contributed by atoms with van der Waals surface area (Å²) < 4.78 is 5.08. The average Bonchev–Trinajstić information content (AvgIpc) is 3.45. The van der Waals surface area contributed by atoms with E-state index in [0.29, 0.717) is 18.1 Å². The molecule has 0 saturated carbocycles. The van der Waals surface area contributed by atoms with Crippen molar-refractivity contribution in [3.05, 3.63) is 23.2 Å². The van der Waals surface area contributed by atoms with Crippen molar-refractivity contribution in [2.45, 2.75) is 27.7 Å².